The fourth-order valence-corrected chi connectivity index (χ4v) is 2.86. The molecule has 2 aromatic rings. The Hall–Kier alpha value is -1.84. The van der Waals surface area contributed by atoms with Crippen molar-refractivity contribution in [3.05, 3.63) is 63.1 Å². The fourth-order valence-electron chi connectivity index (χ4n) is 2.39. The Bertz CT molecular complexity index is 771. The van der Waals surface area contributed by atoms with Gasteiger partial charge in [0.2, 0.25) is 0 Å². The summed E-state index contributed by atoms with van der Waals surface area (Å²) in [6, 6.07) is 10.5. The van der Waals surface area contributed by atoms with Crippen LogP contribution in [0.5, 0.6) is 0 Å². The van der Waals surface area contributed by atoms with E-state index in [1.165, 1.54) is 4.90 Å². The maximum atomic E-state index is 12.2. The number of anilines is 1. The fraction of sp³-hybridized carbons (Fsp3) is 0.125. The summed E-state index contributed by atoms with van der Waals surface area (Å²) in [5, 5.41) is 1.01. The third-order valence-corrected chi connectivity index (χ3v) is 4.06. The zero-order valence-corrected chi connectivity index (χ0v) is 12.7. The Morgan fingerprint density at radius 2 is 1.81 bits per heavy atom. The summed E-state index contributed by atoms with van der Waals surface area (Å²) in [5.74, 6) is -1.000. The molecule has 106 valence electrons. The number of Topliss-reactive ketones (excluding diaryl/α,β-unsaturated/α-hetero) is 1. The third-order valence-electron chi connectivity index (χ3n) is 3.47. The number of carbonyl (C=O) groups is 2. The van der Waals surface area contributed by atoms with Crippen LogP contribution in [0.15, 0.2) is 36.4 Å². The van der Waals surface area contributed by atoms with Crippen LogP contribution in [0.25, 0.3) is 0 Å². The SMILES string of the molecule is Cc1ccc2c(c1)C(=O)C(=O)N2Cc1ccc(Cl)cc1Cl. The number of amides is 1. The van der Waals surface area contributed by atoms with Gasteiger partial charge >= 0.3 is 0 Å². The number of carbonyl (C=O) groups excluding carboxylic acids is 2. The smallest absolute Gasteiger partial charge is 0.299 e. The van der Waals surface area contributed by atoms with Gasteiger partial charge in [0.1, 0.15) is 0 Å². The second-order valence-corrected chi connectivity index (χ2v) is 5.82. The second-order valence-electron chi connectivity index (χ2n) is 4.98. The average molecular weight is 320 g/mol. The summed E-state index contributed by atoms with van der Waals surface area (Å²) in [5.41, 5.74) is 2.77. The van der Waals surface area contributed by atoms with Crippen LogP contribution < -0.4 is 4.90 Å². The van der Waals surface area contributed by atoms with Gasteiger partial charge in [0.05, 0.1) is 17.8 Å². The number of benzene rings is 2. The van der Waals surface area contributed by atoms with E-state index in [0.717, 1.165) is 11.1 Å². The van der Waals surface area contributed by atoms with Crippen LogP contribution in [0, 0.1) is 6.92 Å². The van der Waals surface area contributed by atoms with Crippen molar-refractivity contribution in [2.75, 3.05) is 4.90 Å². The van der Waals surface area contributed by atoms with Gasteiger partial charge in [-0.2, -0.15) is 0 Å². The maximum absolute atomic E-state index is 12.2. The van der Waals surface area contributed by atoms with Crippen molar-refractivity contribution in [2.45, 2.75) is 13.5 Å². The Morgan fingerprint density at radius 3 is 2.52 bits per heavy atom. The third kappa shape index (κ3) is 2.43. The highest BCUT2D eigenvalue weighted by Crippen LogP contribution is 2.32. The van der Waals surface area contributed by atoms with Crippen molar-refractivity contribution in [3.8, 4) is 0 Å². The zero-order chi connectivity index (χ0) is 15.1. The minimum absolute atomic E-state index is 0.247. The summed E-state index contributed by atoms with van der Waals surface area (Å²) in [6.07, 6.45) is 0. The molecule has 0 saturated carbocycles. The van der Waals surface area contributed by atoms with Crippen LogP contribution in [0.3, 0.4) is 0 Å². The molecule has 3 nitrogen and oxygen atoms in total. The molecular weight excluding hydrogens is 309 g/mol. The first-order chi connectivity index (χ1) is 9.97. The van der Waals surface area contributed by atoms with E-state index < -0.39 is 11.7 Å². The number of hydrogen-bond acceptors (Lipinski definition) is 2. The molecule has 2 aromatic carbocycles. The Labute approximate surface area is 132 Å². The lowest BCUT2D eigenvalue weighted by Crippen LogP contribution is -2.29. The van der Waals surface area contributed by atoms with Crippen LogP contribution in [0.2, 0.25) is 10.0 Å². The number of aryl methyl sites for hydroxylation is 1. The molecule has 1 aliphatic rings. The summed E-state index contributed by atoms with van der Waals surface area (Å²) in [4.78, 5) is 25.7. The standard InChI is InChI=1S/C16H11Cl2NO2/c1-9-2-5-14-12(6-9)15(20)16(21)19(14)8-10-3-4-11(17)7-13(10)18/h2-7H,8H2,1H3. The highest BCUT2D eigenvalue weighted by atomic mass is 35.5. The lowest BCUT2D eigenvalue weighted by Gasteiger charge is -2.17. The summed E-state index contributed by atoms with van der Waals surface area (Å²) >= 11 is 12.0. The first-order valence-corrected chi connectivity index (χ1v) is 7.14. The molecule has 0 bridgehead atoms. The van der Waals surface area contributed by atoms with E-state index in [-0.39, 0.29) is 6.54 Å². The van der Waals surface area contributed by atoms with E-state index in [1.54, 1.807) is 30.3 Å². The van der Waals surface area contributed by atoms with Crippen molar-refractivity contribution in [1.29, 1.82) is 0 Å². The van der Waals surface area contributed by atoms with Crippen LogP contribution >= 0.6 is 23.2 Å². The van der Waals surface area contributed by atoms with Crippen molar-refractivity contribution in [3.63, 3.8) is 0 Å². The van der Waals surface area contributed by atoms with Gasteiger partial charge in [-0.05, 0) is 36.8 Å². The van der Waals surface area contributed by atoms with E-state index in [2.05, 4.69) is 0 Å². The van der Waals surface area contributed by atoms with Crippen molar-refractivity contribution in [2.24, 2.45) is 0 Å². The molecule has 0 fully saturated rings. The topological polar surface area (TPSA) is 37.4 Å². The molecule has 1 amide bonds. The van der Waals surface area contributed by atoms with Crippen LogP contribution in [0.1, 0.15) is 21.5 Å². The van der Waals surface area contributed by atoms with Gasteiger partial charge in [0.25, 0.3) is 11.7 Å². The Kier molecular flexibility index (Phi) is 3.47. The summed E-state index contributed by atoms with van der Waals surface area (Å²) < 4.78 is 0. The summed E-state index contributed by atoms with van der Waals surface area (Å²) in [6.45, 7) is 2.13. The van der Waals surface area contributed by atoms with Crippen molar-refractivity contribution in [1.82, 2.24) is 0 Å². The normalized spacial score (nSPS) is 13.8. The highest BCUT2D eigenvalue weighted by molar-refractivity contribution is 6.52. The molecule has 21 heavy (non-hydrogen) atoms. The van der Waals surface area contributed by atoms with Crippen molar-refractivity contribution < 1.29 is 9.59 Å². The van der Waals surface area contributed by atoms with E-state index in [4.69, 9.17) is 23.2 Å². The molecule has 0 N–H and O–H groups in total. The van der Waals surface area contributed by atoms with E-state index in [1.807, 2.05) is 13.0 Å². The first-order valence-electron chi connectivity index (χ1n) is 6.38. The first kappa shape index (κ1) is 14.1. The van der Waals surface area contributed by atoms with Gasteiger partial charge in [0, 0.05) is 10.0 Å². The molecule has 0 unspecified atom stereocenters. The number of hydrogen-bond donors (Lipinski definition) is 0. The second kappa shape index (κ2) is 5.17. The van der Waals surface area contributed by atoms with Gasteiger partial charge in [-0.25, -0.2) is 0 Å². The van der Waals surface area contributed by atoms with E-state index >= 15 is 0 Å². The molecule has 0 spiro atoms. The largest absolute Gasteiger partial charge is 0.300 e. The van der Waals surface area contributed by atoms with Crippen LogP contribution in [0.4, 0.5) is 5.69 Å². The predicted octanol–water partition coefficient (Wildman–Crippen LogP) is 4.03. The van der Waals surface area contributed by atoms with Gasteiger partial charge in [-0.1, -0.05) is 40.9 Å². The Balaban J connectivity index is 2.00. The van der Waals surface area contributed by atoms with Crippen LogP contribution in [-0.4, -0.2) is 11.7 Å². The number of rotatable bonds is 2. The molecule has 0 radical (unpaired) electrons. The average Bonchev–Trinajstić information content (AvgIpc) is 2.66. The molecule has 0 aromatic heterocycles. The Morgan fingerprint density at radius 1 is 1.05 bits per heavy atom. The lowest BCUT2D eigenvalue weighted by atomic mass is 10.1. The van der Waals surface area contributed by atoms with E-state index in [0.29, 0.717) is 21.3 Å². The molecule has 0 aliphatic carbocycles. The minimum Gasteiger partial charge on any atom is -0.300 e. The predicted molar refractivity (Wildman–Crippen MR) is 83.2 cm³/mol. The molecule has 0 atom stereocenters. The minimum atomic E-state index is -0.526. The molecule has 0 saturated heterocycles. The lowest BCUT2D eigenvalue weighted by molar-refractivity contribution is -0.114. The van der Waals surface area contributed by atoms with Gasteiger partial charge in [-0.15, -0.1) is 0 Å². The monoisotopic (exact) mass is 319 g/mol. The highest BCUT2D eigenvalue weighted by Gasteiger charge is 2.35. The molecular formula is C16H11Cl2NO2. The number of fused-ring (bicyclic) bond motifs is 1. The van der Waals surface area contributed by atoms with Gasteiger partial charge in [-0.3, -0.25) is 9.59 Å². The molecule has 3 rings (SSSR count). The van der Waals surface area contributed by atoms with Crippen LogP contribution in [-0.2, 0) is 11.3 Å². The van der Waals surface area contributed by atoms with Gasteiger partial charge in [0.15, 0.2) is 0 Å². The maximum Gasteiger partial charge on any atom is 0.299 e. The molecule has 1 heterocycles. The molecule has 5 heteroatoms. The van der Waals surface area contributed by atoms with Crippen molar-refractivity contribution >= 4 is 40.6 Å². The molecule has 1 aliphatic heterocycles. The number of halogens is 2. The zero-order valence-electron chi connectivity index (χ0n) is 11.2. The summed E-state index contributed by atoms with van der Waals surface area (Å²) in [7, 11) is 0. The van der Waals surface area contributed by atoms with Gasteiger partial charge < -0.3 is 4.90 Å². The van der Waals surface area contributed by atoms with E-state index in [9.17, 15) is 9.59 Å². The number of nitrogens with zero attached hydrogens (tertiary/aromatic N) is 1. The number of ketones is 1. The quantitative estimate of drug-likeness (QED) is 0.784.